The van der Waals surface area contributed by atoms with Crippen LogP contribution in [0.4, 0.5) is 5.95 Å². The first kappa shape index (κ1) is 12.8. The Morgan fingerprint density at radius 1 is 1.47 bits per heavy atom. The predicted octanol–water partition coefficient (Wildman–Crippen LogP) is 1.14. The van der Waals surface area contributed by atoms with Crippen molar-refractivity contribution in [3.63, 3.8) is 0 Å². The molecule has 1 amide bonds. The normalized spacial score (nSPS) is 11.6. The number of aryl methyl sites for hydroxylation is 1. The second-order valence-corrected chi connectivity index (χ2v) is 4.07. The van der Waals surface area contributed by atoms with Gasteiger partial charge in [0.2, 0.25) is 11.9 Å². The van der Waals surface area contributed by atoms with Crippen molar-refractivity contribution in [3.05, 3.63) is 42.2 Å². The third-order valence-electron chi connectivity index (χ3n) is 2.70. The Morgan fingerprint density at radius 2 is 2.21 bits per heavy atom. The van der Waals surface area contributed by atoms with Crippen LogP contribution in [-0.4, -0.2) is 20.7 Å². The fourth-order valence-corrected chi connectivity index (χ4v) is 1.65. The summed E-state index contributed by atoms with van der Waals surface area (Å²) < 4.78 is 1.44. The van der Waals surface area contributed by atoms with Crippen LogP contribution in [0.1, 0.15) is 5.56 Å². The first-order valence-corrected chi connectivity index (χ1v) is 5.79. The van der Waals surface area contributed by atoms with Crippen molar-refractivity contribution in [2.45, 2.75) is 6.42 Å². The van der Waals surface area contributed by atoms with Crippen molar-refractivity contribution >= 4 is 11.9 Å². The Morgan fingerprint density at radius 3 is 2.79 bits per heavy atom. The number of carbonyl (C=O) groups excluding carboxylic acids is 1. The van der Waals surface area contributed by atoms with Gasteiger partial charge in [-0.3, -0.25) is 10.1 Å². The second kappa shape index (κ2) is 5.78. The van der Waals surface area contributed by atoms with Gasteiger partial charge in [-0.15, -0.1) is 0 Å². The standard InChI is InChI=1S/C13H13N5O/c1-18-13(15-9-16-18)17-12(19)11(8-14)7-10-5-3-2-4-6-10/h2-6,9,11H,7H2,1H3,(H,15,16,17,19). The monoisotopic (exact) mass is 255 g/mol. The number of nitrogens with one attached hydrogen (secondary N) is 1. The highest BCUT2D eigenvalue weighted by Gasteiger charge is 2.19. The van der Waals surface area contributed by atoms with Gasteiger partial charge < -0.3 is 0 Å². The van der Waals surface area contributed by atoms with Gasteiger partial charge in [-0.25, -0.2) is 4.68 Å². The number of nitriles is 1. The van der Waals surface area contributed by atoms with E-state index in [0.717, 1.165) is 5.56 Å². The van der Waals surface area contributed by atoms with Crippen molar-refractivity contribution < 1.29 is 4.79 Å². The summed E-state index contributed by atoms with van der Waals surface area (Å²) in [6, 6.07) is 11.4. The molecule has 0 aliphatic heterocycles. The van der Waals surface area contributed by atoms with E-state index in [4.69, 9.17) is 5.26 Å². The summed E-state index contributed by atoms with van der Waals surface area (Å²) in [6.07, 6.45) is 1.72. The minimum Gasteiger partial charge on any atom is -0.294 e. The smallest absolute Gasteiger partial charge is 0.244 e. The van der Waals surface area contributed by atoms with Gasteiger partial charge in [-0.2, -0.15) is 15.3 Å². The maximum atomic E-state index is 12.0. The highest BCUT2D eigenvalue weighted by molar-refractivity contribution is 5.92. The molecule has 1 unspecified atom stereocenters. The van der Waals surface area contributed by atoms with Gasteiger partial charge in [0.25, 0.3) is 0 Å². The summed E-state index contributed by atoms with van der Waals surface area (Å²) in [5.74, 6) is -0.792. The third kappa shape index (κ3) is 3.16. The molecule has 2 aromatic rings. The van der Waals surface area contributed by atoms with Crippen LogP contribution in [-0.2, 0) is 18.3 Å². The molecule has 6 heteroatoms. The van der Waals surface area contributed by atoms with E-state index in [2.05, 4.69) is 15.4 Å². The summed E-state index contributed by atoms with van der Waals surface area (Å²) in [7, 11) is 1.67. The van der Waals surface area contributed by atoms with Gasteiger partial charge in [-0.05, 0) is 12.0 Å². The molecule has 1 aromatic heterocycles. The van der Waals surface area contributed by atoms with Crippen LogP contribution in [0.25, 0.3) is 0 Å². The van der Waals surface area contributed by atoms with E-state index in [-0.39, 0.29) is 5.91 Å². The second-order valence-electron chi connectivity index (χ2n) is 4.07. The minimum absolute atomic E-state index is 0.332. The van der Waals surface area contributed by atoms with Crippen molar-refractivity contribution in [1.82, 2.24) is 14.8 Å². The van der Waals surface area contributed by atoms with Gasteiger partial charge in [0.05, 0.1) is 6.07 Å². The zero-order chi connectivity index (χ0) is 13.7. The molecule has 0 spiro atoms. The maximum Gasteiger partial charge on any atom is 0.244 e. The van der Waals surface area contributed by atoms with Crippen LogP contribution in [0.2, 0.25) is 0 Å². The van der Waals surface area contributed by atoms with E-state index in [1.54, 1.807) is 7.05 Å². The van der Waals surface area contributed by atoms with E-state index < -0.39 is 5.92 Å². The van der Waals surface area contributed by atoms with Crippen LogP contribution >= 0.6 is 0 Å². The molecule has 1 heterocycles. The van der Waals surface area contributed by atoms with Crippen LogP contribution in [0.3, 0.4) is 0 Å². The molecule has 6 nitrogen and oxygen atoms in total. The van der Waals surface area contributed by atoms with E-state index in [0.29, 0.717) is 12.4 Å². The number of rotatable bonds is 4. The SMILES string of the molecule is Cn1ncnc1NC(=O)C(C#N)Cc1ccccc1. The van der Waals surface area contributed by atoms with Crippen molar-refractivity contribution in [3.8, 4) is 6.07 Å². The highest BCUT2D eigenvalue weighted by atomic mass is 16.2. The summed E-state index contributed by atoms with van der Waals surface area (Å²) in [6.45, 7) is 0. The molecule has 96 valence electrons. The molecular formula is C13H13N5O. The quantitative estimate of drug-likeness (QED) is 0.887. The number of anilines is 1. The van der Waals surface area contributed by atoms with Gasteiger partial charge in [0.15, 0.2) is 0 Å². The largest absolute Gasteiger partial charge is 0.294 e. The lowest BCUT2D eigenvalue weighted by Gasteiger charge is -2.09. The summed E-state index contributed by atoms with van der Waals surface area (Å²) in [4.78, 5) is 15.9. The number of hydrogen-bond acceptors (Lipinski definition) is 4. The molecule has 1 atom stereocenters. The van der Waals surface area contributed by atoms with Gasteiger partial charge >= 0.3 is 0 Å². The van der Waals surface area contributed by atoms with Gasteiger partial charge in [-0.1, -0.05) is 30.3 Å². The van der Waals surface area contributed by atoms with Gasteiger partial charge in [0, 0.05) is 7.05 Å². The molecule has 0 saturated heterocycles. The number of benzene rings is 1. The number of amides is 1. The molecular weight excluding hydrogens is 242 g/mol. The molecule has 1 N–H and O–H groups in total. The van der Waals surface area contributed by atoms with Crippen LogP contribution < -0.4 is 5.32 Å². The zero-order valence-corrected chi connectivity index (χ0v) is 10.4. The fraction of sp³-hybridized carbons (Fsp3) is 0.231. The zero-order valence-electron chi connectivity index (χ0n) is 10.4. The van der Waals surface area contributed by atoms with E-state index >= 15 is 0 Å². The Balaban J connectivity index is 2.04. The van der Waals surface area contributed by atoms with Crippen molar-refractivity contribution in [2.75, 3.05) is 5.32 Å². The minimum atomic E-state index is -0.751. The van der Waals surface area contributed by atoms with E-state index in [1.807, 2.05) is 36.4 Å². The third-order valence-corrected chi connectivity index (χ3v) is 2.70. The summed E-state index contributed by atoms with van der Waals surface area (Å²) >= 11 is 0. The first-order valence-electron chi connectivity index (χ1n) is 5.79. The molecule has 0 aliphatic rings. The number of aromatic nitrogens is 3. The number of hydrogen-bond donors (Lipinski definition) is 1. The molecule has 0 bridgehead atoms. The van der Waals surface area contributed by atoms with Crippen LogP contribution in [0.15, 0.2) is 36.7 Å². The fourth-order valence-electron chi connectivity index (χ4n) is 1.65. The summed E-state index contributed by atoms with van der Waals surface area (Å²) in [5.41, 5.74) is 0.946. The Bertz CT molecular complexity index is 599. The molecule has 0 radical (unpaired) electrons. The van der Waals surface area contributed by atoms with Crippen molar-refractivity contribution in [2.24, 2.45) is 13.0 Å². The van der Waals surface area contributed by atoms with E-state index in [9.17, 15) is 4.79 Å². The van der Waals surface area contributed by atoms with Gasteiger partial charge in [0.1, 0.15) is 12.2 Å². The first-order chi connectivity index (χ1) is 9.20. The lowest BCUT2D eigenvalue weighted by atomic mass is 10.00. The molecule has 19 heavy (non-hydrogen) atoms. The Hall–Kier alpha value is -2.68. The molecule has 0 saturated carbocycles. The average Bonchev–Trinajstić information content (AvgIpc) is 2.82. The molecule has 2 rings (SSSR count). The lowest BCUT2D eigenvalue weighted by Crippen LogP contribution is -2.25. The summed E-state index contributed by atoms with van der Waals surface area (Å²) in [5, 5.41) is 15.5. The molecule has 1 aromatic carbocycles. The molecule has 0 aliphatic carbocycles. The van der Waals surface area contributed by atoms with Crippen molar-refractivity contribution in [1.29, 1.82) is 5.26 Å². The number of carbonyl (C=O) groups is 1. The lowest BCUT2D eigenvalue weighted by molar-refractivity contribution is -0.118. The Kier molecular flexibility index (Phi) is 3.88. The number of nitrogens with zero attached hydrogens (tertiary/aromatic N) is 4. The predicted molar refractivity (Wildman–Crippen MR) is 68.9 cm³/mol. The molecule has 0 fully saturated rings. The highest BCUT2D eigenvalue weighted by Crippen LogP contribution is 2.10. The average molecular weight is 255 g/mol. The van der Waals surface area contributed by atoms with E-state index in [1.165, 1.54) is 11.0 Å². The topological polar surface area (TPSA) is 83.6 Å². The van der Waals surface area contributed by atoms with Crippen LogP contribution in [0.5, 0.6) is 0 Å². The van der Waals surface area contributed by atoms with Crippen LogP contribution in [0, 0.1) is 17.2 Å². The Labute approximate surface area is 110 Å². The maximum absolute atomic E-state index is 12.0.